The molecule has 1 aromatic carbocycles. The third kappa shape index (κ3) is 3.53. The van der Waals surface area contributed by atoms with Gasteiger partial charge in [-0.05, 0) is 61.0 Å². The number of nitrogens with zero attached hydrogens (tertiary/aromatic N) is 1. The summed E-state index contributed by atoms with van der Waals surface area (Å²) in [7, 11) is -3.43. The fraction of sp³-hybridized carbons (Fsp3) is 0.353. The van der Waals surface area contributed by atoms with Gasteiger partial charge < -0.3 is 5.32 Å². The number of thiophene rings is 1. The predicted molar refractivity (Wildman–Crippen MR) is 96.1 cm³/mol. The van der Waals surface area contributed by atoms with Gasteiger partial charge >= 0.3 is 0 Å². The van der Waals surface area contributed by atoms with Gasteiger partial charge in [-0.25, -0.2) is 8.42 Å². The molecule has 0 atom stereocenters. The van der Waals surface area contributed by atoms with Crippen LogP contribution in [0.25, 0.3) is 0 Å². The standard InChI is InChI=1S/C17H20N2O3S2/c1-13-9-12-23-16(13)17(20)18-14-5-7-15(8-6-14)24(21,22)19-10-3-2-4-11-19/h5-9,12H,2-4,10-11H2,1H3,(H,18,20). The van der Waals surface area contributed by atoms with Crippen LogP contribution < -0.4 is 5.32 Å². The van der Waals surface area contributed by atoms with Crippen LogP contribution in [0.1, 0.15) is 34.5 Å². The van der Waals surface area contributed by atoms with E-state index in [1.807, 2.05) is 18.4 Å². The highest BCUT2D eigenvalue weighted by Crippen LogP contribution is 2.23. The molecule has 1 aliphatic heterocycles. The number of carbonyl (C=O) groups is 1. The van der Waals surface area contributed by atoms with E-state index in [9.17, 15) is 13.2 Å². The predicted octanol–water partition coefficient (Wildman–Crippen LogP) is 3.48. The molecule has 1 aliphatic rings. The second-order valence-electron chi connectivity index (χ2n) is 5.88. The smallest absolute Gasteiger partial charge is 0.265 e. The lowest BCUT2D eigenvalue weighted by atomic mass is 10.2. The van der Waals surface area contributed by atoms with Gasteiger partial charge in [-0.3, -0.25) is 4.79 Å². The van der Waals surface area contributed by atoms with Crippen LogP contribution in [-0.4, -0.2) is 31.7 Å². The van der Waals surface area contributed by atoms with Crippen molar-refractivity contribution in [3.05, 3.63) is 46.2 Å². The minimum Gasteiger partial charge on any atom is -0.321 e. The molecule has 5 nitrogen and oxygen atoms in total. The molecule has 24 heavy (non-hydrogen) atoms. The first kappa shape index (κ1) is 17.1. The summed E-state index contributed by atoms with van der Waals surface area (Å²) in [6, 6.07) is 8.28. The monoisotopic (exact) mass is 364 g/mol. The Morgan fingerprint density at radius 3 is 2.33 bits per heavy atom. The largest absolute Gasteiger partial charge is 0.321 e. The van der Waals surface area contributed by atoms with E-state index >= 15 is 0 Å². The van der Waals surface area contributed by atoms with Gasteiger partial charge in [0.1, 0.15) is 0 Å². The van der Waals surface area contributed by atoms with Crippen molar-refractivity contribution in [2.24, 2.45) is 0 Å². The number of benzene rings is 1. The van der Waals surface area contributed by atoms with Crippen molar-refractivity contribution < 1.29 is 13.2 Å². The van der Waals surface area contributed by atoms with Crippen molar-refractivity contribution in [3.63, 3.8) is 0 Å². The number of aryl methyl sites for hydroxylation is 1. The van der Waals surface area contributed by atoms with Gasteiger partial charge in [0.2, 0.25) is 10.0 Å². The molecule has 1 fully saturated rings. The van der Waals surface area contributed by atoms with E-state index in [0.29, 0.717) is 23.7 Å². The van der Waals surface area contributed by atoms with Gasteiger partial charge in [0.25, 0.3) is 5.91 Å². The first-order chi connectivity index (χ1) is 11.5. The zero-order valence-corrected chi connectivity index (χ0v) is 15.1. The summed E-state index contributed by atoms with van der Waals surface area (Å²) in [5.74, 6) is -0.172. The number of anilines is 1. The molecule has 1 N–H and O–H groups in total. The second-order valence-corrected chi connectivity index (χ2v) is 8.73. The molecule has 1 aromatic heterocycles. The number of carbonyl (C=O) groups excluding carboxylic acids is 1. The Hall–Kier alpha value is -1.70. The van der Waals surface area contributed by atoms with Gasteiger partial charge in [-0.15, -0.1) is 11.3 Å². The average Bonchev–Trinajstić information content (AvgIpc) is 3.02. The molecule has 2 aromatic rings. The summed E-state index contributed by atoms with van der Waals surface area (Å²) in [4.78, 5) is 13.1. The van der Waals surface area contributed by atoms with E-state index in [1.165, 1.54) is 11.3 Å². The summed E-state index contributed by atoms with van der Waals surface area (Å²) < 4.78 is 26.7. The fourth-order valence-electron chi connectivity index (χ4n) is 2.76. The van der Waals surface area contributed by atoms with Crippen molar-refractivity contribution in [2.45, 2.75) is 31.1 Å². The Bertz CT molecular complexity index is 820. The maximum absolute atomic E-state index is 12.6. The molecule has 0 unspecified atom stereocenters. The number of piperidine rings is 1. The molecule has 0 radical (unpaired) electrons. The van der Waals surface area contributed by atoms with Gasteiger partial charge in [0.05, 0.1) is 9.77 Å². The number of amides is 1. The molecule has 3 rings (SSSR count). The topological polar surface area (TPSA) is 66.5 Å². The van der Waals surface area contributed by atoms with E-state index in [2.05, 4.69) is 5.32 Å². The van der Waals surface area contributed by atoms with E-state index in [0.717, 1.165) is 24.8 Å². The first-order valence-corrected chi connectivity index (χ1v) is 10.3. The zero-order valence-electron chi connectivity index (χ0n) is 13.5. The summed E-state index contributed by atoms with van der Waals surface area (Å²) >= 11 is 1.39. The normalized spacial score (nSPS) is 16.0. The Balaban J connectivity index is 1.73. The van der Waals surface area contributed by atoms with Gasteiger partial charge in [0, 0.05) is 18.8 Å². The van der Waals surface area contributed by atoms with Crippen LogP contribution in [0.15, 0.2) is 40.6 Å². The van der Waals surface area contributed by atoms with Crippen molar-refractivity contribution in [3.8, 4) is 0 Å². The zero-order chi connectivity index (χ0) is 17.2. The first-order valence-electron chi connectivity index (χ1n) is 7.94. The second kappa shape index (κ2) is 7.04. The maximum Gasteiger partial charge on any atom is 0.265 e. The lowest BCUT2D eigenvalue weighted by molar-refractivity contribution is 0.103. The van der Waals surface area contributed by atoms with Gasteiger partial charge in [-0.2, -0.15) is 4.31 Å². The SMILES string of the molecule is Cc1ccsc1C(=O)Nc1ccc(S(=O)(=O)N2CCCCC2)cc1. The van der Waals surface area contributed by atoms with E-state index in [-0.39, 0.29) is 10.8 Å². The van der Waals surface area contributed by atoms with Crippen LogP contribution in [0, 0.1) is 6.92 Å². The summed E-state index contributed by atoms with van der Waals surface area (Å²) in [6.07, 6.45) is 2.90. The van der Waals surface area contributed by atoms with Crippen LogP contribution in [0.3, 0.4) is 0 Å². The summed E-state index contributed by atoms with van der Waals surface area (Å²) in [5.41, 5.74) is 1.52. The van der Waals surface area contributed by atoms with E-state index < -0.39 is 10.0 Å². The number of hydrogen-bond donors (Lipinski definition) is 1. The van der Waals surface area contributed by atoms with Crippen LogP contribution in [0.5, 0.6) is 0 Å². The Kier molecular flexibility index (Phi) is 5.03. The van der Waals surface area contributed by atoms with Crippen LogP contribution in [0.4, 0.5) is 5.69 Å². The average molecular weight is 364 g/mol. The lowest BCUT2D eigenvalue weighted by Crippen LogP contribution is -2.35. The summed E-state index contributed by atoms with van der Waals surface area (Å²) in [5, 5.41) is 4.68. The number of hydrogen-bond acceptors (Lipinski definition) is 4. The molecule has 7 heteroatoms. The minimum absolute atomic E-state index is 0.172. The number of rotatable bonds is 4. The molecule has 1 amide bonds. The molecule has 0 spiro atoms. The Morgan fingerprint density at radius 1 is 1.08 bits per heavy atom. The number of sulfonamides is 1. The summed E-state index contributed by atoms with van der Waals surface area (Å²) in [6.45, 7) is 3.05. The quantitative estimate of drug-likeness (QED) is 0.903. The van der Waals surface area contributed by atoms with E-state index in [1.54, 1.807) is 28.6 Å². The van der Waals surface area contributed by atoms with Gasteiger partial charge in [0.15, 0.2) is 0 Å². The molecule has 1 saturated heterocycles. The number of nitrogens with one attached hydrogen (secondary N) is 1. The van der Waals surface area contributed by atoms with Crippen molar-refractivity contribution >= 4 is 33.0 Å². The fourth-order valence-corrected chi connectivity index (χ4v) is 5.10. The van der Waals surface area contributed by atoms with Crippen molar-refractivity contribution in [2.75, 3.05) is 18.4 Å². The Morgan fingerprint density at radius 2 is 1.75 bits per heavy atom. The highest BCUT2D eigenvalue weighted by Gasteiger charge is 2.25. The third-order valence-corrected chi connectivity index (χ3v) is 7.06. The minimum atomic E-state index is -3.43. The Labute approximate surface area is 146 Å². The van der Waals surface area contributed by atoms with Crippen molar-refractivity contribution in [1.29, 1.82) is 0 Å². The molecule has 2 heterocycles. The molecule has 128 valence electrons. The van der Waals surface area contributed by atoms with Crippen LogP contribution in [-0.2, 0) is 10.0 Å². The van der Waals surface area contributed by atoms with Crippen LogP contribution in [0.2, 0.25) is 0 Å². The van der Waals surface area contributed by atoms with Crippen molar-refractivity contribution in [1.82, 2.24) is 4.31 Å². The van der Waals surface area contributed by atoms with E-state index in [4.69, 9.17) is 0 Å². The van der Waals surface area contributed by atoms with Gasteiger partial charge in [-0.1, -0.05) is 6.42 Å². The third-order valence-electron chi connectivity index (χ3n) is 4.13. The molecule has 0 bridgehead atoms. The molecule has 0 aliphatic carbocycles. The van der Waals surface area contributed by atoms with Crippen LogP contribution >= 0.6 is 11.3 Å². The molecular formula is C17H20N2O3S2. The molecular weight excluding hydrogens is 344 g/mol. The maximum atomic E-state index is 12.6. The lowest BCUT2D eigenvalue weighted by Gasteiger charge is -2.25. The highest BCUT2D eigenvalue weighted by molar-refractivity contribution is 7.89. The molecule has 0 saturated carbocycles. The highest BCUT2D eigenvalue weighted by atomic mass is 32.2.